The van der Waals surface area contributed by atoms with Crippen molar-refractivity contribution in [2.24, 2.45) is 0 Å². The zero-order valence-corrected chi connectivity index (χ0v) is 22.0. The lowest BCUT2D eigenvalue weighted by atomic mass is 9.91. The number of hydrogen-bond acceptors (Lipinski definition) is 5. The molecule has 1 amide bonds. The molecule has 0 N–H and O–H groups in total. The van der Waals surface area contributed by atoms with Gasteiger partial charge in [0.15, 0.2) is 0 Å². The predicted molar refractivity (Wildman–Crippen MR) is 143 cm³/mol. The van der Waals surface area contributed by atoms with Crippen LogP contribution in [0, 0.1) is 0 Å². The van der Waals surface area contributed by atoms with Crippen LogP contribution in [0.25, 0.3) is 21.9 Å². The highest BCUT2D eigenvalue weighted by Gasteiger charge is 2.34. The van der Waals surface area contributed by atoms with Crippen molar-refractivity contribution >= 4 is 16.9 Å². The van der Waals surface area contributed by atoms with Crippen LogP contribution in [0.15, 0.2) is 54.6 Å². The van der Waals surface area contributed by atoms with Crippen LogP contribution in [0.3, 0.4) is 0 Å². The van der Waals surface area contributed by atoms with E-state index in [2.05, 4.69) is 30.3 Å². The highest BCUT2D eigenvalue weighted by molar-refractivity contribution is 6.02. The van der Waals surface area contributed by atoms with Gasteiger partial charge < -0.3 is 18.9 Å². The third-order valence-corrected chi connectivity index (χ3v) is 6.37. The fourth-order valence-corrected chi connectivity index (χ4v) is 4.26. The van der Waals surface area contributed by atoms with Crippen LogP contribution in [-0.2, 0) is 16.0 Å². The van der Waals surface area contributed by atoms with E-state index in [1.54, 1.807) is 14.2 Å². The normalized spacial score (nSPS) is 13.5. The largest absolute Gasteiger partial charge is 0.497 e. The van der Waals surface area contributed by atoms with Crippen molar-refractivity contribution < 1.29 is 23.7 Å². The van der Waals surface area contributed by atoms with Crippen LogP contribution in [-0.4, -0.2) is 50.1 Å². The van der Waals surface area contributed by atoms with Crippen molar-refractivity contribution in [1.29, 1.82) is 0 Å². The fraction of sp³-hybridized carbons (Fsp3) is 0.433. The van der Waals surface area contributed by atoms with E-state index in [1.807, 2.05) is 49.9 Å². The second-order valence-corrected chi connectivity index (χ2v) is 10.2. The van der Waals surface area contributed by atoms with E-state index in [9.17, 15) is 4.79 Å². The van der Waals surface area contributed by atoms with Gasteiger partial charge in [-0.15, -0.1) is 0 Å². The number of nitrogens with zero attached hydrogens (tertiary/aromatic N) is 1. The summed E-state index contributed by atoms with van der Waals surface area (Å²) in [5.41, 5.74) is 2.71. The zero-order valence-electron chi connectivity index (χ0n) is 22.0. The second-order valence-electron chi connectivity index (χ2n) is 10.2. The Labute approximate surface area is 214 Å². The number of ether oxygens (including phenoxy) is 4. The highest BCUT2D eigenvalue weighted by atomic mass is 16.6. The van der Waals surface area contributed by atoms with Crippen LogP contribution >= 0.6 is 0 Å². The zero-order chi connectivity index (χ0) is 25.7. The SMILES string of the molecule is COCCCOc1cc(CN(C(=O)OC2CC2)C(C)(C)C)c(-c2ccc(OC)cc2)c2ccccc12. The lowest BCUT2D eigenvalue weighted by Crippen LogP contribution is -2.45. The summed E-state index contributed by atoms with van der Waals surface area (Å²) in [6, 6.07) is 18.4. The molecule has 0 atom stereocenters. The number of methoxy groups -OCH3 is 2. The number of hydrogen-bond donors (Lipinski definition) is 0. The Morgan fingerprint density at radius 1 is 0.972 bits per heavy atom. The van der Waals surface area contributed by atoms with Crippen molar-refractivity contribution in [1.82, 2.24) is 4.90 Å². The molecule has 6 heteroatoms. The molecular weight excluding hydrogens is 454 g/mol. The summed E-state index contributed by atoms with van der Waals surface area (Å²) < 4.78 is 22.6. The summed E-state index contributed by atoms with van der Waals surface area (Å²) in [6.07, 6.45) is 2.44. The maximum Gasteiger partial charge on any atom is 0.410 e. The summed E-state index contributed by atoms with van der Waals surface area (Å²) in [4.78, 5) is 15.0. The van der Waals surface area contributed by atoms with Crippen LogP contribution < -0.4 is 9.47 Å². The quantitative estimate of drug-likeness (QED) is 0.291. The highest BCUT2D eigenvalue weighted by Crippen LogP contribution is 2.40. The van der Waals surface area contributed by atoms with Gasteiger partial charge in [-0.25, -0.2) is 4.79 Å². The predicted octanol–water partition coefficient (Wildman–Crippen LogP) is 6.83. The van der Waals surface area contributed by atoms with E-state index in [0.29, 0.717) is 19.8 Å². The molecule has 0 unspecified atom stereocenters. The van der Waals surface area contributed by atoms with E-state index in [4.69, 9.17) is 18.9 Å². The Morgan fingerprint density at radius 2 is 1.67 bits per heavy atom. The van der Waals surface area contributed by atoms with Gasteiger partial charge in [-0.1, -0.05) is 36.4 Å². The van der Waals surface area contributed by atoms with Crippen LogP contribution in [0.5, 0.6) is 11.5 Å². The lowest BCUT2D eigenvalue weighted by molar-refractivity contribution is 0.0587. The minimum absolute atomic E-state index is 0.0414. The Bertz CT molecular complexity index is 1180. The molecule has 36 heavy (non-hydrogen) atoms. The average molecular weight is 492 g/mol. The Kier molecular flexibility index (Phi) is 8.04. The average Bonchev–Trinajstić information content (AvgIpc) is 3.68. The molecule has 0 heterocycles. The molecule has 0 bridgehead atoms. The van der Waals surface area contributed by atoms with Crippen molar-refractivity contribution in [2.75, 3.05) is 27.4 Å². The maximum atomic E-state index is 13.2. The minimum atomic E-state index is -0.422. The van der Waals surface area contributed by atoms with Crippen molar-refractivity contribution in [2.45, 2.75) is 58.2 Å². The van der Waals surface area contributed by atoms with Gasteiger partial charge in [-0.2, -0.15) is 0 Å². The molecule has 0 saturated heterocycles. The van der Waals surface area contributed by atoms with Gasteiger partial charge in [0.1, 0.15) is 17.6 Å². The van der Waals surface area contributed by atoms with Gasteiger partial charge in [0.2, 0.25) is 0 Å². The second kappa shape index (κ2) is 11.2. The monoisotopic (exact) mass is 491 g/mol. The molecule has 4 rings (SSSR count). The van der Waals surface area contributed by atoms with E-state index >= 15 is 0 Å². The smallest absolute Gasteiger partial charge is 0.410 e. The van der Waals surface area contributed by atoms with Gasteiger partial charge in [-0.05, 0) is 73.9 Å². The molecule has 1 aliphatic carbocycles. The summed E-state index contributed by atoms with van der Waals surface area (Å²) in [7, 11) is 3.36. The van der Waals surface area contributed by atoms with Gasteiger partial charge in [0.25, 0.3) is 0 Å². The Morgan fingerprint density at radius 3 is 2.28 bits per heavy atom. The number of benzene rings is 3. The third-order valence-electron chi connectivity index (χ3n) is 6.37. The number of rotatable bonds is 10. The van der Waals surface area contributed by atoms with Gasteiger partial charge in [-0.3, -0.25) is 4.90 Å². The van der Waals surface area contributed by atoms with E-state index in [-0.39, 0.29) is 12.2 Å². The fourth-order valence-electron chi connectivity index (χ4n) is 4.26. The minimum Gasteiger partial charge on any atom is -0.497 e. The van der Waals surface area contributed by atoms with Gasteiger partial charge in [0.05, 0.1) is 20.3 Å². The molecule has 0 aromatic heterocycles. The molecule has 192 valence electrons. The molecule has 0 aliphatic heterocycles. The summed E-state index contributed by atoms with van der Waals surface area (Å²) in [5, 5.41) is 2.11. The standard InChI is InChI=1S/C30H37NO5/c1-30(2,3)31(29(32)36-24-15-16-24)20-22-19-27(35-18-8-17-33-4)25-9-6-7-10-26(25)28(22)21-11-13-23(34-5)14-12-21/h6-7,9-14,19,24H,8,15-18,20H2,1-5H3. The first-order valence-corrected chi connectivity index (χ1v) is 12.6. The summed E-state index contributed by atoms with van der Waals surface area (Å²) >= 11 is 0. The number of carbonyl (C=O) groups excluding carboxylic acids is 1. The molecule has 3 aromatic carbocycles. The summed E-state index contributed by atoms with van der Waals surface area (Å²) in [5.74, 6) is 1.60. The van der Waals surface area contributed by atoms with E-state index in [1.165, 1.54) is 0 Å². The number of amides is 1. The maximum absolute atomic E-state index is 13.2. The van der Waals surface area contributed by atoms with Crippen LogP contribution in [0.2, 0.25) is 0 Å². The first-order valence-electron chi connectivity index (χ1n) is 12.6. The molecule has 0 spiro atoms. The van der Waals surface area contributed by atoms with Crippen molar-refractivity contribution in [3.8, 4) is 22.6 Å². The lowest BCUT2D eigenvalue weighted by Gasteiger charge is -2.35. The summed E-state index contributed by atoms with van der Waals surface area (Å²) in [6.45, 7) is 7.70. The number of fused-ring (bicyclic) bond motifs is 1. The molecule has 6 nitrogen and oxygen atoms in total. The molecule has 3 aromatic rings. The first-order chi connectivity index (χ1) is 17.3. The molecule has 1 aliphatic rings. The van der Waals surface area contributed by atoms with Crippen molar-refractivity contribution in [3.05, 3.63) is 60.2 Å². The van der Waals surface area contributed by atoms with E-state index in [0.717, 1.165) is 58.2 Å². The van der Waals surface area contributed by atoms with Crippen LogP contribution in [0.4, 0.5) is 4.79 Å². The van der Waals surface area contributed by atoms with Gasteiger partial charge >= 0.3 is 6.09 Å². The molecule has 1 fully saturated rings. The molecule has 1 saturated carbocycles. The van der Waals surface area contributed by atoms with E-state index < -0.39 is 5.54 Å². The topological polar surface area (TPSA) is 57.2 Å². The third kappa shape index (κ3) is 6.11. The molecular formula is C30H37NO5. The molecule has 0 radical (unpaired) electrons. The van der Waals surface area contributed by atoms with Crippen LogP contribution in [0.1, 0.15) is 45.6 Å². The Hall–Kier alpha value is -3.25. The van der Waals surface area contributed by atoms with Gasteiger partial charge in [0, 0.05) is 31.1 Å². The van der Waals surface area contributed by atoms with Crippen molar-refractivity contribution in [3.63, 3.8) is 0 Å². The Balaban J connectivity index is 1.83. The first kappa shape index (κ1) is 25.8. The number of carbonyl (C=O) groups is 1.